The smallest absolute Gasteiger partial charge is 0.239 e. The second-order valence-electron chi connectivity index (χ2n) is 11.2. The molecular formula is C28H36N8O2. The van der Waals surface area contributed by atoms with Gasteiger partial charge in [-0.1, -0.05) is 26.0 Å². The zero-order valence-electron chi connectivity index (χ0n) is 22.3. The van der Waals surface area contributed by atoms with Crippen molar-refractivity contribution in [1.82, 2.24) is 34.4 Å². The number of anilines is 1. The van der Waals surface area contributed by atoms with E-state index in [1.165, 1.54) is 12.8 Å². The van der Waals surface area contributed by atoms with Crippen LogP contribution in [0.25, 0.3) is 28.1 Å². The molecule has 0 radical (unpaired) electrons. The van der Waals surface area contributed by atoms with Gasteiger partial charge in [-0.25, -0.2) is 9.97 Å². The Morgan fingerprint density at radius 3 is 2.47 bits per heavy atom. The van der Waals surface area contributed by atoms with E-state index >= 15 is 0 Å². The van der Waals surface area contributed by atoms with Gasteiger partial charge in [0.05, 0.1) is 30.8 Å². The van der Waals surface area contributed by atoms with Crippen molar-refractivity contribution >= 4 is 28.0 Å². The molecule has 1 aromatic carbocycles. The number of aromatic amines is 1. The second kappa shape index (κ2) is 9.91. The van der Waals surface area contributed by atoms with E-state index in [1.54, 1.807) is 0 Å². The molecule has 0 spiro atoms. The Labute approximate surface area is 222 Å². The number of fused-ring (bicyclic) bond motifs is 2. The summed E-state index contributed by atoms with van der Waals surface area (Å²) in [6.45, 7) is 12.2. The maximum atomic E-state index is 5.64. The molecule has 4 aromatic rings. The van der Waals surface area contributed by atoms with Crippen LogP contribution in [-0.2, 0) is 16.0 Å². The second-order valence-corrected chi connectivity index (χ2v) is 11.2. The van der Waals surface area contributed by atoms with Crippen LogP contribution in [0.1, 0.15) is 44.3 Å². The molecule has 6 heterocycles. The number of likely N-dealkylation sites (tertiary alicyclic amines) is 1. The predicted octanol–water partition coefficient (Wildman–Crippen LogP) is 3.51. The molecule has 38 heavy (non-hydrogen) atoms. The molecule has 3 saturated heterocycles. The molecule has 3 aliphatic rings. The van der Waals surface area contributed by atoms with Crippen LogP contribution in [0.5, 0.6) is 0 Å². The number of ether oxygens (including phenoxy) is 2. The molecule has 10 heteroatoms. The van der Waals surface area contributed by atoms with Crippen molar-refractivity contribution in [2.24, 2.45) is 11.8 Å². The summed E-state index contributed by atoms with van der Waals surface area (Å²) in [5, 5.41) is 0. The van der Waals surface area contributed by atoms with Crippen LogP contribution in [0.15, 0.2) is 24.3 Å². The Morgan fingerprint density at radius 2 is 1.68 bits per heavy atom. The molecule has 0 unspecified atom stereocenters. The average molecular weight is 517 g/mol. The zero-order valence-corrected chi connectivity index (χ0v) is 22.3. The average Bonchev–Trinajstić information content (AvgIpc) is 3.52. The minimum atomic E-state index is 0.221. The summed E-state index contributed by atoms with van der Waals surface area (Å²) in [7, 11) is 0. The largest absolute Gasteiger partial charge is 0.381 e. The Hall–Kier alpha value is -3.08. The van der Waals surface area contributed by atoms with Gasteiger partial charge in [-0.15, -0.1) is 0 Å². The number of aromatic nitrogens is 6. The van der Waals surface area contributed by atoms with E-state index in [2.05, 4.69) is 39.3 Å². The maximum Gasteiger partial charge on any atom is 0.239 e. The Morgan fingerprint density at radius 1 is 0.921 bits per heavy atom. The van der Waals surface area contributed by atoms with Crippen molar-refractivity contribution in [1.29, 1.82) is 0 Å². The molecule has 0 amide bonds. The van der Waals surface area contributed by atoms with Gasteiger partial charge in [-0.2, -0.15) is 9.97 Å². The highest BCUT2D eigenvalue weighted by atomic mass is 16.5. The van der Waals surface area contributed by atoms with E-state index in [9.17, 15) is 0 Å². The third-order valence-corrected chi connectivity index (χ3v) is 8.27. The standard InChI is InChI=1S/C28H36N8O2/c1-18(2)26-29-21-5-3-4-6-22(21)36(26)28-32-25-24(27(33-28)35-9-13-38-14-10-35)30-23(31-25)17-34-15-20(16-34)19-7-11-37-12-8-19/h3-6,18-20H,7-17H2,1-2H3,(H,30,31,32,33). The first-order chi connectivity index (χ1) is 18.6. The van der Waals surface area contributed by atoms with Gasteiger partial charge < -0.3 is 19.4 Å². The third-order valence-electron chi connectivity index (χ3n) is 8.27. The molecule has 3 aliphatic heterocycles. The van der Waals surface area contributed by atoms with Gasteiger partial charge in [0.25, 0.3) is 0 Å². The first-order valence-corrected chi connectivity index (χ1v) is 14.0. The third kappa shape index (κ3) is 4.34. The fourth-order valence-corrected chi connectivity index (χ4v) is 6.18. The van der Waals surface area contributed by atoms with E-state index in [-0.39, 0.29) is 5.92 Å². The van der Waals surface area contributed by atoms with Crippen molar-refractivity contribution in [3.63, 3.8) is 0 Å². The van der Waals surface area contributed by atoms with Gasteiger partial charge in [-0.05, 0) is 36.8 Å². The normalized spacial score (nSPS) is 20.1. The van der Waals surface area contributed by atoms with Crippen LogP contribution in [0.4, 0.5) is 5.82 Å². The van der Waals surface area contributed by atoms with Gasteiger partial charge in [-0.3, -0.25) is 9.47 Å². The summed E-state index contributed by atoms with van der Waals surface area (Å²) in [5.41, 5.74) is 3.58. The number of nitrogens with zero attached hydrogens (tertiary/aromatic N) is 7. The number of hydrogen-bond acceptors (Lipinski definition) is 8. The van der Waals surface area contributed by atoms with Crippen molar-refractivity contribution in [3.8, 4) is 5.95 Å². The van der Waals surface area contributed by atoms with Gasteiger partial charge in [0.2, 0.25) is 5.95 Å². The molecule has 7 rings (SSSR count). The highest BCUT2D eigenvalue weighted by molar-refractivity contribution is 5.85. The van der Waals surface area contributed by atoms with E-state index in [0.717, 1.165) is 91.8 Å². The number of benzene rings is 1. The Balaban J connectivity index is 1.24. The summed E-state index contributed by atoms with van der Waals surface area (Å²) < 4.78 is 13.3. The first-order valence-electron chi connectivity index (χ1n) is 14.0. The van der Waals surface area contributed by atoms with Crippen molar-refractivity contribution in [2.45, 2.75) is 39.2 Å². The quantitative estimate of drug-likeness (QED) is 0.416. The van der Waals surface area contributed by atoms with Gasteiger partial charge in [0.1, 0.15) is 17.2 Å². The first kappa shape index (κ1) is 24.0. The fraction of sp³-hybridized carbons (Fsp3) is 0.571. The number of hydrogen-bond donors (Lipinski definition) is 1. The van der Waals surface area contributed by atoms with E-state index in [0.29, 0.717) is 24.8 Å². The van der Waals surface area contributed by atoms with Crippen molar-refractivity contribution in [2.75, 3.05) is 57.5 Å². The molecule has 200 valence electrons. The molecule has 0 saturated carbocycles. The summed E-state index contributed by atoms with van der Waals surface area (Å²) in [5.74, 6) is 5.22. The van der Waals surface area contributed by atoms with Crippen LogP contribution >= 0.6 is 0 Å². The number of nitrogens with one attached hydrogen (secondary N) is 1. The van der Waals surface area contributed by atoms with Crippen molar-refractivity contribution < 1.29 is 9.47 Å². The van der Waals surface area contributed by atoms with Crippen LogP contribution in [0.2, 0.25) is 0 Å². The van der Waals surface area contributed by atoms with Crippen LogP contribution in [-0.4, -0.2) is 87.0 Å². The summed E-state index contributed by atoms with van der Waals surface area (Å²) >= 11 is 0. The monoisotopic (exact) mass is 516 g/mol. The predicted molar refractivity (Wildman–Crippen MR) is 146 cm³/mol. The lowest BCUT2D eigenvalue weighted by atomic mass is 9.81. The van der Waals surface area contributed by atoms with E-state index in [1.807, 2.05) is 18.2 Å². The molecule has 1 N–H and O–H groups in total. The number of morpholine rings is 1. The molecule has 10 nitrogen and oxygen atoms in total. The number of imidazole rings is 2. The summed E-state index contributed by atoms with van der Waals surface area (Å²) in [4.78, 5) is 28.4. The molecule has 3 fully saturated rings. The minimum absolute atomic E-state index is 0.221. The fourth-order valence-electron chi connectivity index (χ4n) is 6.18. The Bertz CT molecular complexity index is 1430. The van der Waals surface area contributed by atoms with Crippen LogP contribution in [0, 0.1) is 11.8 Å². The number of para-hydroxylation sites is 2. The lowest BCUT2D eigenvalue weighted by Gasteiger charge is -2.44. The van der Waals surface area contributed by atoms with E-state index < -0.39 is 0 Å². The minimum Gasteiger partial charge on any atom is -0.381 e. The van der Waals surface area contributed by atoms with Crippen LogP contribution < -0.4 is 4.90 Å². The summed E-state index contributed by atoms with van der Waals surface area (Å²) in [6, 6.07) is 8.20. The Kier molecular flexibility index (Phi) is 6.25. The topological polar surface area (TPSA) is 97.2 Å². The van der Waals surface area contributed by atoms with Gasteiger partial charge in [0.15, 0.2) is 11.5 Å². The van der Waals surface area contributed by atoms with E-state index in [4.69, 9.17) is 29.4 Å². The lowest BCUT2D eigenvalue weighted by Crippen LogP contribution is -2.50. The molecule has 0 bridgehead atoms. The number of H-pyrrole nitrogens is 1. The van der Waals surface area contributed by atoms with Gasteiger partial charge in [0, 0.05) is 45.3 Å². The van der Waals surface area contributed by atoms with Crippen LogP contribution in [0.3, 0.4) is 0 Å². The maximum absolute atomic E-state index is 5.64. The number of rotatable bonds is 6. The van der Waals surface area contributed by atoms with Crippen molar-refractivity contribution in [3.05, 3.63) is 35.9 Å². The highest BCUT2D eigenvalue weighted by Gasteiger charge is 2.34. The molecule has 3 aromatic heterocycles. The molecule has 0 aliphatic carbocycles. The molecule has 0 atom stereocenters. The SMILES string of the molecule is CC(C)c1nc2ccccc2n1-c1nc(N2CCOCC2)c2[nH]c(CN3CC(C4CCOCC4)C3)nc2n1. The lowest BCUT2D eigenvalue weighted by molar-refractivity contribution is -0.0112. The summed E-state index contributed by atoms with van der Waals surface area (Å²) in [6.07, 6.45) is 2.40. The zero-order chi connectivity index (χ0) is 25.6. The van der Waals surface area contributed by atoms with Gasteiger partial charge >= 0.3 is 0 Å². The highest BCUT2D eigenvalue weighted by Crippen LogP contribution is 2.33. The molecular weight excluding hydrogens is 480 g/mol.